The molecule has 0 unspecified atom stereocenters. The molecule has 1 aromatic heterocycles. The number of hydrogen-bond donors (Lipinski definition) is 0. The van der Waals surface area contributed by atoms with Crippen molar-refractivity contribution in [2.75, 3.05) is 0 Å². The van der Waals surface area contributed by atoms with Crippen LogP contribution in [0.3, 0.4) is 0 Å². The minimum Gasteiger partial charge on any atom is -0.166 e. The molecule has 0 aliphatic heterocycles. The summed E-state index contributed by atoms with van der Waals surface area (Å²) in [5, 5.41) is 10.4. The molecule has 1 heterocycles. The number of rotatable bonds is 1. The lowest BCUT2D eigenvalue weighted by Crippen LogP contribution is -2.07. The van der Waals surface area contributed by atoms with E-state index in [9.17, 15) is 13.2 Å². The maximum atomic E-state index is 12.9. The average molecular weight is 406 g/mol. The molecule has 0 aliphatic carbocycles. The molecule has 0 saturated carbocycles. The third kappa shape index (κ3) is 3.64. The molecule has 0 N–H and O–H groups in total. The smallest absolute Gasteiger partial charge is 0.166 e. The van der Waals surface area contributed by atoms with Gasteiger partial charge in [0.05, 0.1) is 11.3 Å². The van der Waals surface area contributed by atoms with Crippen molar-refractivity contribution in [2.24, 2.45) is 0 Å². The van der Waals surface area contributed by atoms with Crippen molar-refractivity contribution in [2.45, 2.75) is 6.18 Å². The van der Waals surface area contributed by atoms with Crippen LogP contribution in [0, 0.1) is 11.2 Å². The number of benzene rings is 1. The monoisotopic (exact) mass is 406 g/mol. The fourth-order valence-corrected chi connectivity index (χ4v) is 2.04. The molecular weight excluding hydrogens is 400 g/mol. The predicted octanol–water partition coefficient (Wildman–Crippen LogP) is 4.55. The summed E-state index contributed by atoms with van der Waals surface area (Å²) in [6.45, 7) is 0. The second-order valence-electron chi connectivity index (χ2n) is 3.65. The third-order valence-electron chi connectivity index (χ3n) is 2.39. The Kier molecular flexibility index (Phi) is 4.88. The minimum absolute atomic E-state index is 0.00951. The Balaban J connectivity index is 2.42. The maximum absolute atomic E-state index is 12.9. The molecule has 0 bridgehead atoms. The molecular formula is C13H6F3IN2S. The topological polar surface area (TPSA) is 25.8 Å². The number of alkyl halides is 3. The van der Waals surface area contributed by atoms with Crippen LogP contribution in [-0.4, -0.2) is 10.2 Å². The Morgan fingerprint density at radius 1 is 1.05 bits per heavy atom. The van der Waals surface area contributed by atoms with Gasteiger partial charge < -0.3 is 0 Å². The Morgan fingerprint density at radius 3 is 2.40 bits per heavy atom. The van der Waals surface area contributed by atoms with Crippen molar-refractivity contribution in [3.05, 3.63) is 47.7 Å². The second-order valence-corrected chi connectivity index (χ2v) is 5.33. The van der Waals surface area contributed by atoms with Crippen molar-refractivity contribution in [1.82, 2.24) is 10.2 Å². The SMILES string of the molecule is FC(F)(F)c1ccccc1-c1ccc(C#CSI)nn1. The number of nitrogens with zero attached hydrogens (tertiary/aromatic N) is 2. The van der Waals surface area contributed by atoms with Crippen LogP contribution in [-0.2, 0) is 6.18 Å². The van der Waals surface area contributed by atoms with Gasteiger partial charge in [0, 0.05) is 26.8 Å². The quantitative estimate of drug-likeness (QED) is 0.513. The summed E-state index contributed by atoms with van der Waals surface area (Å²) in [4.78, 5) is 0. The average Bonchev–Trinajstić information content (AvgIpc) is 2.45. The highest BCUT2D eigenvalue weighted by atomic mass is 127. The van der Waals surface area contributed by atoms with Crippen molar-refractivity contribution < 1.29 is 13.2 Å². The van der Waals surface area contributed by atoms with E-state index in [0.29, 0.717) is 5.69 Å². The minimum atomic E-state index is -4.42. The van der Waals surface area contributed by atoms with E-state index < -0.39 is 11.7 Å². The van der Waals surface area contributed by atoms with E-state index in [0.717, 1.165) is 6.07 Å². The van der Waals surface area contributed by atoms with Crippen LogP contribution in [0.1, 0.15) is 11.3 Å². The molecule has 0 fully saturated rings. The zero-order valence-electron chi connectivity index (χ0n) is 9.78. The summed E-state index contributed by atoms with van der Waals surface area (Å²) < 4.78 is 38.7. The Bertz CT molecular complexity index is 660. The molecule has 7 heteroatoms. The molecule has 102 valence electrons. The first-order valence-corrected chi connectivity index (χ1v) is 8.67. The summed E-state index contributed by atoms with van der Waals surface area (Å²) in [5.74, 6) is 2.73. The molecule has 1 aromatic carbocycles. The highest BCUT2D eigenvalue weighted by Crippen LogP contribution is 2.35. The van der Waals surface area contributed by atoms with Gasteiger partial charge in [-0.05, 0) is 38.3 Å². The molecule has 2 rings (SSSR count). The predicted molar refractivity (Wildman–Crippen MR) is 81.0 cm³/mol. The van der Waals surface area contributed by atoms with E-state index in [1.807, 2.05) is 21.2 Å². The fourth-order valence-electron chi connectivity index (χ4n) is 1.57. The first-order chi connectivity index (χ1) is 9.52. The number of halogens is 4. The number of aromatic nitrogens is 2. The Hall–Kier alpha value is -1.27. The van der Waals surface area contributed by atoms with Gasteiger partial charge in [0.25, 0.3) is 0 Å². The normalized spacial score (nSPS) is 10.8. The van der Waals surface area contributed by atoms with Gasteiger partial charge in [-0.25, -0.2) is 0 Å². The van der Waals surface area contributed by atoms with Crippen LogP contribution < -0.4 is 0 Å². The van der Waals surface area contributed by atoms with Crippen LogP contribution in [0.4, 0.5) is 13.2 Å². The van der Waals surface area contributed by atoms with Gasteiger partial charge in [-0.15, -0.1) is 10.2 Å². The van der Waals surface area contributed by atoms with Crippen molar-refractivity contribution >= 4 is 30.1 Å². The summed E-state index contributed by atoms with van der Waals surface area (Å²) in [6, 6.07) is 8.31. The van der Waals surface area contributed by atoms with Gasteiger partial charge in [0.1, 0.15) is 5.69 Å². The lowest BCUT2D eigenvalue weighted by atomic mass is 10.0. The number of hydrogen-bond acceptors (Lipinski definition) is 3. The van der Waals surface area contributed by atoms with E-state index in [1.165, 1.54) is 33.2 Å². The molecule has 2 nitrogen and oxygen atoms in total. The van der Waals surface area contributed by atoms with Crippen molar-refractivity contribution in [3.8, 4) is 22.4 Å². The zero-order valence-corrected chi connectivity index (χ0v) is 12.8. The van der Waals surface area contributed by atoms with Crippen LogP contribution in [0.5, 0.6) is 0 Å². The highest BCUT2D eigenvalue weighted by molar-refractivity contribution is 14.2. The van der Waals surface area contributed by atoms with Gasteiger partial charge in [0.15, 0.2) is 0 Å². The molecule has 0 amide bonds. The maximum Gasteiger partial charge on any atom is 0.417 e. The van der Waals surface area contributed by atoms with E-state index in [4.69, 9.17) is 0 Å². The molecule has 20 heavy (non-hydrogen) atoms. The van der Waals surface area contributed by atoms with Crippen molar-refractivity contribution in [3.63, 3.8) is 0 Å². The highest BCUT2D eigenvalue weighted by Gasteiger charge is 2.33. The lowest BCUT2D eigenvalue weighted by molar-refractivity contribution is -0.137. The van der Waals surface area contributed by atoms with Gasteiger partial charge >= 0.3 is 6.18 Å². The van der Waals surface area contributed by atoms with E-state index in [-0.39, 0.29) is 11.3 Å². The molecule has 0 atom stereocenters. The summed E-state index contributed by atoms with van der Waals surface area (Å²) in [5.41, 5.74) is -0.126. The molecule has 0 saturated heterocycles. The van der Waals surface area contributed by atoms with Gasteiger partial charge in [-0.2, -0.15) is 13.2 Å². The van der Waals surface area contributed by atoms with E-state index in [1.54, 1.807) is 6.07 Å². The van der Waals surface area contributed by atoms with E-state index in [2.05, 4.69) is 21.4 Å². The first kappa shape index (κ1) is 15.1. The summed E-state index contributed by atoms with van der Waals surface area (Å²) in [7, 11) is 1.30. The second kappa shape index (κ2) is 6.45. The van der Waals surface area contributed by atoms with Crippen LogP contribution in [0.15, 0.2) is 36.4 Å². The van der Waals surface area contributed by atoms with Crippen LogP contribution in [0.2, 0.25) is 0 Å². The van der Waals surface area contributed by atoms with Crippen LogP contribution in [0.25, 0.3) is 11.3 Å². The molecule has 2 aromatic rings. The van der Waals surface area contributed by atoms with Gasteiger partial charge in [-0.1, -0.05) is 18.2 Å². The summed E-state index contributed by atoms with van der Waals surface area (Å²) in [6.07, 6.45) is -4.42. The Labute approximate surface area is 129 Å². The zero-order chi connectivity index (χ0) is 14.6. The van der Waals surface area contributed by atoms with Crippen LogP contribution >= 0.6 is 30.1 Å². The lowest BCUT2D eigenvalue weighted by Gasteiger charge is -2.11. The third-order valence-corrected chi connectivity index (χ3v) is 3.23. The fraction of sp³-hybridized carbons (Fsp3) is 0.0769. The Morgan fingerprint density at radius 2 is 1.80 bits per heavy atom. The van der Waals surface area contributed by atoms with Gasteiger partial charge in [0.2, 0.25) is 0 Å². The largest absolute Gasteiger partial charge is 0.417 e. The molecule has 0 aliphatic rings. The first-order valence-electron chi connectivity index (χ1n) is 5.31. The van der Waals surface area contributed by atoms with Crippen molar-refractivity contribution in [1.29, 1.82) is 0 Å². The van der Waals surface area contributed by atoms with Gasteiger partial charge in [-0.3, -0.25) is 0 Å². The molecule has 0 spiro atoms. The molecule has 0 radical (unpaired) electrons. The summed E-state index contributed by atoms with van der Waals surface area (Å²) >= 11 is 2.01. The standard InChI is InChI=1S/C13H6F3IN2S/c14-13(15,16)11-4-2-1-3-10(11)12-6-5-9(18-19-12)7-8-20-17/h1-6H. The van der Waals surface area contributed by atoms with E-state index >= 15 is 0 Å².